The number of carbonyl (C=O) groups excluding carboxylic acids is 1. The van der Waals surface area contributed by atoms with E-state index in [1.54, 1.807) is 0 Å². The van der Waals surface area contributed by atoms with Crippen LogP contribution in [0.15, 0.2) is 24.5 Å². The Morgan fingerprint density at radius 2 is 2.15 bits per heavy atom. The Hall–Kier alpha value is -3.17. The van der Waals surface area contributed by atoms with Crippen LogP contribution in [-0.2, 0) is 0 Å². The quantitative estimate of drug-likeness (QED) is 0.480. The minimum Gasteiger partial charge on any atom is -0.396 e. The van der Waals surface area contributed by atoms with Crippen LogP contribution in [0, 0.1) is 15.9 Å². The highest BCUT2D eigenvalue weighted by Crippen LogP contribution is 2.24. The van der Waals surface area contributed by atoms with Crippen molar-refractivity contribution < 1.29 is 14.1 Å². The molecule has 9 nitrogen and oxygen atoms in total. The van der Waals surface area contributed by atoms with E-state index in [9.17, 15) is 19.3 Å². The molecule has 2 rings (SSSR count). The molecule has 20 heavy (non-hydrogen) atoms. The first-order valence-corrected chi connectivity index (χ1v) is 5.17. The fraction of sp³-hybridized carbons (Fsp3) is 0. The van der Waals surface area contributed by atoms with Gasteiger partial charge in [-0.3, -0.25) is 20.2 Å². The minimum atomic E-state index is -0.981. The lowest BCUT2D eigenvalue weighted by molar-refractivity contribution is -0.385. The maximum absolute atomic E-state index is 13.2. The number of nitro benzene ring substituents is 1. The average molecular weight is 278 g/mol. The molecule has 0 saturated carbocycles. The van der Waals surface area contributed by atoms with Gasteiger partial charge in [0.15, 0.2) is 5.82 Å². The highest BCUT2D eigenvalue weighted by molar-refractivity contribution is 6.06. The predicted molar refractivity (Wildman–Crippen MR) is 65.2 cm³/mol. The van der Waals surface area contributed by atoms with Gasteiger partial charge in [0.2, 0.25) is 5.95 Å². The van der Waals surface area contributed by atoms with Crippen molar-refractivity contribution in [1.29, 1.82) is 0 Å². The molecule has 1 amide bonds. The molecule has 0 saturated heterocycles. The average Bonchev–Trinajstić information content (AvgIpc) is 2.42. The number of halogens is 1. The second kappa shape index (κ2) is 5.22. The standard InChI is InChI=1S/C10H7FN6O3/c11-6-4-8(17(19)20)5(3-7(6)12)9(18)15-10-13-1-2-14-16-10/h1-4H,12H2,(H,13,15,16,18). The first-order valence-electron chi connectivity index (χ1n) is 5.17. The molecule has 0 aliphatic heterocycles. The number of nitrogens with zero attached hydrogens (tertiary/aromatic N) is 4. The van der Waals surface area contributed by atoms with Crippen molar-refractivity contribution in [3.8, 4) is 0 Å². The van der Waals surface area contributed by atoms with Crippen LogP contribution in [0.2, 0.25) is 0 Å². The van der Waals surface area contributed by atoms with E-state index < -0.39 is 27.9 Å². The molecule has 0 bridgehead atoms. The van der Waals surface area contributed by atoms with E-state index in [0.29, 0.717) is 6.07 Å². The number of hydrogen-bond donors (Lipinski definition) is 2. The van der Waals surface area contributed by atoms with Crippen LogP contribution in [0.3, 0.4) is 0 Å². The van der Waals surface area contributed by atoms with E-state index in [4.69, 9.17) is 5.73 Å². The Morgan fingerprint density at radius 1 is 1.40 bits per heavy atom. The van der Waals surface area contributed by atoms with Crippen molar-refractivity contribution in [2.24, 2.45) is 0 Å². The zero-order valence-electron chi connectivity index (χ0n) is 9.78. The summed E-state index contributed by atoms with van der Waals surface area (Å²) in [7, 11) is 0. The summed E-state index contributed by atoms with van der Waals surface area (Å²) < 4.78 is 13.2. The summed E-state index contributed by atoms with van der Waals surface area (Å²) in [4.78, 5) is 25.5. The van der Waals surface area contributed by atoms with Gasteiger partial charge in [0, 0.05) is 0 Å². The minimum absolute atomic E-state index is 0.144. The number of aromatic nitrogens is 3. The summed E-state index contributed by atoms with van der Waals surface area (Å²) in [6.07, 6.45) is 2.56. The molecule has 0 unspecified atom stereocenters. The Kier molecular flexibility index (Phi) is 3.46. The van der Waals surface area contributed by atoms with Gasteiger partial charge in [-0.15, -0.1) is 5.10 Å². The molecule has 102 valence electrons. The molecule has 0 radical (unpaired) electrons. The molecule has 1 aromatic heterocycles. The van der Waals surface area contributed by atoms with E-state index in [2.05, 4.69) is 20.5 Å². The predicted octanol–water partition coefficient (Wildman–Crippen LogP) is 0.753. The van der Waals surface area contributed by atoms with Gasteiger partial charge in [-0.1, -0.05) is 0 Å². The third kappa shape index (κ3) is 2.63. The molecular weight excluding hydrogens is 271 g/mol. The highest BCUT2D eigenvalue weighted by Gasteiger charge is 2.23. The highest BCUT2D eigenvalue weighted by atomic mass is 19.1. The number of nitrogen functional groups attached to an aromatic ring is 1. The first kappa shape index (κ1) is 13.3. The Morgan fingerprint density at radius 3 is 2.75 bits per heavy atom. The van der Waals surface area contributed by atoms with Crippen molar-refractivity contribution in [3.63, 3.8) is 0 Å². The first-order chi connectivity index (χ1) is 9.49. The summed E-state index contributed by atoms with van der Waals surface area (Å²) in [5.74, 6) is -2.02. The Balaban J connectivity index is 2.39. The van der Waals surface area contributed by atoms with Gasteiger partial charge < -0.3 is 5.73 Å². The summed E-state index contributed by atoms with van der Waals surface area (Å²) in [5, 5.41) is 20.0. The fourth-order valence-corrected chi connectivity index (χ4v) is 1.39. The molecule has 0 fully saturated rings. The lowest BCUT2D eigenvalue weighted by Crippen LogP contribution is -2.16. The Bertz CT molecular complexity index is 678. The van der Waals surface area contributed by atoms with Crippen LogP contribution in [0.25, 0.3) is 0 Å². The van der Waals surface area contributed by atoms with Gasteiger partial charge in [-0.05, 0) is 6.07 Å². The number of nitrogens with two attached hydrogens (primary N) is 1. The number of rotatable bonds is 3. The summed E-state index contributed by atoms with van der Waals surface area (Å²) in [6, 6.07) is 1.45. The van der Waals surface area contributed by atoms with Crippen molar-refractivity contribution in [3.05, 3.63) is 46.0 Å². The fourth-order valence-electron chi connectivity index (χ4n) is 1.39. The van der Waals surface area contributed by atoms with Crippen LogP contribution in [-0.4, -0.2) is 26.0 Å². The summed E-state index contributed by atoms with van der Waals surface area (Å²) in [6.45, 7) is 0. The van der Waals surface area contributed by atoms with Crippen LogP contribution in [0.4, 0.5) is 21.7 Å². The molecular formula is C10H7FN6O3. The van der Waals surface area contributed by atoms with Gasteiger partial charge in [-0.2, -0.15) is 5.10 Å². The third-order valence-electron chi connectivity index (χ3n) is 2.26. The van der Waals surface area contributed by atoms with Crippen LogP contribution in [0.5, 0.6) is 0 Å². The number of amides is 1. The molecule has 2 aromatic rings. The SMILES string of the molecule is Nc1cc(C(=O)Nc2nccnn2)c([N+](=O)[O-])cc1F. The molecule has 0 atom stereocenters. The summed E-state index contributed by atoms with van der Waals surface area (Å²) in [5.41, 5.74) is 3.81. The van der Waals surface area contributed by atoms with E-state index in [1.165, 1.54) is 12.4 Å². The monoisotopic (exact) mass is 278 g/mol. The third-order valence-corrected chi connectivity index (χ3v) is 2.26. The largest absolute Gasteiger partial charge is 0.396 e. The maximum atomic E-state index is 13.2. The topological polar surface area (TPSA) is 137 Å². The zero-order chi connectivity index (χ0) is 14.7. The normalized spacial score (nSPS) is 10.1. The zero-order valence-corrected chi connectivity index (χ0v) is 9.78. The van der Waals surface area contributed by atoms with Crippen LogP contribution < -0.4 is 11.1 Å². The van der Waals surface area contributed by atoms with Gasteiger partial charge >= 0.3 is 0 Å². The molecule has 3 N–H and O–H groups in total. The van der Waals surface area contributed by atoms with E-state index in [-0.39, 0.29) is 11.6 Å². The molecule has 0 aliphatic rings. The smallest absolute Gasteiger partial charge is 0.285 e. The van der Waals surface area contributed by atoms with E-state index in [1.807, 2.05) is 0 Å². The van der Waals surface area contributed by atoms with Gasteiger partial charge in [0.1, 0.15) is 5.56 Å². The Labute approximate surface area is 110 Å². The van der Waals surface area contributed by atoms with Crippen molar-refractivity contribution >= 4 is 23.2 Å². The van der Waals surface area contributed by atoms with E-state index in [0.717, 1.165) is 6.07 Å². The lowest BCUT2D eigenvalue weighted by Gasteiger charge is -2.05. The molecule has 1 aromatic carbocycles. The number of benzene rings is 1. The number of hydrogen-bond acceptors (Lipinski definition) is 7. The number of nitrogens with one attached hydrogen (secondary N) is 1. The number of anilines is 2. The van der Waals surface area contributed by atoms with Crippen LogP contribution in [0.1, 0.15) is 10.4 Å². The van der Waals surface area contributed by atoms with Gasteiger partial charge in [-0.25, -0.2) is 9.37 Å². The van der Waals surface area contributed by atoms with E-state index >= 15 is 0 Å². The molecule has 0 aliphatic carbocycles. The number of carbonyl (C=O) groups is 1. The number of nitro groups is 1. The second-order valence-electron chi connectivity index (χ2n) is 3.57. The maximum Gasteiger partial charge on any atom is 0.285 e. The van der Waals surface area contributed by atoms with Crippen molar-refractivity contribution in [2.75, 3.05) is 11.1 Å². The lowest BCUT2D eigenvalue weighted by atomic mass is 10.1. The van der Waals surface area contributed by atoms with Crippen molar-refractivity contribution in [1.82, 2.24) is 15.2 Å². The molecule has 0 spiro atoms. The second-order valence-corrected chi connectivity index (χ2v) is 3.57. The van der Waals surface area contributed by atoms with Gasteiger partial charge in [0.05, 0.1) is 29.1 Å². The van der Waals surface area contributed by atoms with Gasteiger partial charge in [0.25, 0.3) is 11.6 Å². The van der Waals surface area contributed by atoms with Crippen LogP contribution >= 0.6 is 0 Å². The van der Waals surface area contributed by atoms with Crippen molar-refractivity contribution in [2.45, 2.75) is 0 Å². The molecule has 1 heterocycles. The summed E-state index contributed by atoms with van der Waals surface area (Å²) >= 11 is 0. The molecule has 10 heteroatoms.